The number of nitrogens with zero attached hydrogens (tertiary/aromatic N) is 4. The second-order valence-electron chi connectivity index (χ2n) is 7.27. The summed E-state index contributed by atoms with van der Waals surface area (Å²) in [6.45, 7) is 6.30. The first-order chi connectivity index (χ1) is 15.4. The number of hydrogen-bond acceptors (Lipinski definition) is 3. The van der Waals surface area contributed by atoms with Crippen LogP contribution in [0.2, 0.25) is 5.02 Å². The number of anilines is 1. The molecule has 4 rings (SSSR count). The molecule has 3 aromatic rings. The number of amides is 3. The normalized spacial score (nSPS) is 15.0. The maximum absolute atomic E-state index is 13.9. The van der Waals surface area contributed by atoms with Crippen molar-refractivity contribution in [1.82, 2.24) is 14.7 Å². The molecule has 0 spiro atoms. The van der Waals surface area contributed by atoms with Crippen molar-refractivity contribution < 1.29 is 14.0 Å². The molecule has 3 amide bonds. The molecule has 0 bridgehead atoms. The minimum absolute atomic E-state index is 0.0221. The van der Waals surface area contributed by atoms with Gasteiger partial charge in [-0.3, -0.25) is 9.48 Å². The van der Waals surface area contributed by atoms with Crippen molar-refractivity contribution in [3.8, 4) is 11.3 Å². The van der Waals surface area contributed by atoms with Crippen LogP contribution in [0.15, 0.2) is 48.5 Å². The molecule has 2 heterocycles. The molecule has 1 unspecified atom stereocenters. The minimum Gasteiger partial charge on any atom is -0.365 e. The van der Waals surface area contributed by atoms with E-state index in [4.69, 9.17) is 23.9 Å². The number of urea groups is 1. The molecule has 3 N–H and O–H groups in total. The van der Waals surface area contributed by atoms with Crippen molar-refractivity contribution in [1.29, 1.82) is 0 Å². The summed E-state index contributed by atoms with van der Waals surface area (Å²) in [6.07, 6.45) is 0. The third-order valence-corrected chi connectivity index (χ3v) is 5.42. The van der Waals surface area contributed by atoms with Crippen molar-refractivity contribution in [2.24, 2.45) is 5.73 Å². The van der Waals surface area contributed by atoms with E-state index in [2.05, 4.69) is 15.3 Å². The first kappa shape index (κ1) is 21.3. The van der Waals surface area contributed by atoms with Gasteiger partial charge in [0.15, 0.2) is 5.69 Å². The Hall–Kier alpha value is -3.90. The molecule has 0 fully saturated rings. The number of carbonyl (C=O) groups is 2. The van der Waals surface area contributed by atoms with E-state index in [-0.39, 0.29) is 18.7 Å². The summed E-state index contributed by atoms with van der Waals surface area (Å²) < 4.78 is 15.4. The van der Waals surface area contributed by atoms with E-state index in [1.54, 1.807) is 48.5 Å². The zero-order valence-electron chi connectivity index (χ0n) is 16.8. The van der Waals surface area contributed by atoms with Crippen LogP contribution < -0.4 is 11.1 Å². The van der Waals surface area contributed by atoms with Gasteiger partial charge in [0.2, 0.25) is 0 Å². The van der Waals surface area contributed by atoms with Gasteiger partial charge in [-0.2, -0.15) is 5.10 Å². The summed E-state index contributed by atoms with van der Waals surface area (Å²) in [7, 11) is 0. The van der Waals surface area contributed by atoms with Crippen molar-refractivity contribution >= 4 is 34.9 Å². The average Bonchev–Trinajstić information content (AvgIpc) is 3.19. The quantitative estimate of drug-likeness (QED) is 0.573. The molecule has 0 aliphatic carbocycles. The van der Waals surface area contributed by atoms with Gasteiger partial charge in [0.25, 0.3) is 5.91 Å². The van der Waals surface area contributed by atoms with E-state index >= 15 is 0 Å². The van der Waals surface area contributed by atoms with Crippen LogP contribution in [0.25, 0.3) is 16.1 Å². The van der Waals surface area contributed by atoms with Crippen molar-refractivity contribution in [2.75, 3.05) is 18.5 Å². The molecule has 2 aromatic carbocycles. The maximum Gasteiger partial charge on any atom is 0.322 e. The lowest BCUT2D eigenvalue weighted by Crippen LogP contribution is -2.44. The lowest BCUT2D eigenvalue weighted by molar-refractivity contribution is 0.0995. The van der Waals surface area contributed by atoms with E-state index in [0.29, 0.717) is 33.3 Å². The van der Waals surface area contributed by atoms with Gasteiger partial charge in [0.05, 0.1) is 30.4 Å². The summed E-state index contributed by atoms with van der Waals surface area (Å²) >= 11 is 6.08. The van der Waals surface area contributed by atoms with Crippen LogP contribution in [0.3, 0.4) is 0 Å². The molecule has 0 radical (unpaired) electrons. The lowest BCUT2D eigenvalue weighted by atomic mass is 10.0. The summed E-state index contributed by atoms with van der Waals surface area (Å²) in [5.74, 6) is -0.726. The molecule has 0 saturated heterocycles. The monoisotopic (exact) mass is 452 g/mol. The number of halogens is 2. The van der Waals surface area contributed by atoms with Gasteiger partial charge >= 0.3 is 6.03 Å². The van der Waals surface area contributed by atoms with Crippen LogP contribution in [0.4, 0.5) is 20.6 Å². The van der Waals surface area contributed by atoms with Gasteiger partial charge in [-0.25, -0.2) is 14.0 Å². The number of nitrogens with two attached hydrogens (primary N) is 1. The van der Waals surface area contributed by atoms with E-state index in [1.165, 1.54) is 9.58 Å². The fourth-order valence-electron chi connectivity index (χ4n) is 3.69. The van der Waals surface area contributed by atoms with Crippen molar-refractivity contribution in [3.63, 3.8) is 0 Å². The van der Waals surface area contributed by atoms with Crippen LogP contribution in [-0.4, -0.2) is 39.8 Å². The average molecular weight is 453 g/mol. The Morgan fingerprint density at radius 1 is 1.28 bits per heavy atom. The number of primary amides is 1. The zero-order chi connectivity index (χ0) is 22.8. The number of nitrogens with one attached hydrogen (secondary N) is 1. The topological polar surface area (TPSA) is 97.6 Å². The highest BCUT2D eigenvalue weighted by Gasteiger charge is 2.34. The van der Waals surface area contributed by atoms with E-state index in [0.717, 1.165) is 0 Å². The third kappa shape index (κ3) is 4.00. The van der Waals surface area contributed by atoms with E-state index in [1.807, 2.05) is 0 Å². The molecule has 1 aromatic heterocycles. The first-order valence-corrected chi connectivity index (χ1v) is 10.1. The van der Waals surface area contributed by atoms with E-state index < -0.39 is 24.7 Å². The van der Waals surface area contributed by atoms with Crippen LogP contribution >= 0.6 is 11.6 Å². The smallest absolute Gasteiger partial charge is 0.322 e. The first-order valence-electron chi connectivity index (χ1n) is 9.67. The second-order valence-corrected chi connectivity index (χ2v) is 7.70. The zero-order valence-corrected chi connectivity index (χ0v) is 17.5. The molecule has 10 heteroatoms. The predicted molar refractivity (Wildman–Crippen MR) is 118 cm³/mol. The van der Waals surface area contributed by atoms with Crippen molar-refractivity contribution in [3.05, 3.63) is 76.2 Å². The molecule has 0 saturated carbocycles. The lowest BCUT2D eigenvalue weighted by Gasteiger charge is -2.33. The molecule has 1 atom stereocenters. The van der Waals surface area contributed by atoms with Crippen LogP contribution in [0.1, 0.15) is 22.1 Å². The fourth-order valence-corrected chi connectivity index (χ4v) is 3.88. The van der Waals surface area contributed by atoms with Gasteiger partial charge < -0.3 is 16.0 Å². The van der Waals surface area contributed by atoms with Gasteiger partial charge in [0, 0.05) is 22.8 Å². The number of alkyl halides is 1. The highest BCUT2D eigenvalue weighted by molar-refractivity contribution is 6.30. The second kappa shape index (κ2) is 8.69. The predicted octanol–water partition coefficient (Wildman–Crippen LogP) is 4.41. The fraction of sp³-hybridized carbons (Fsp3) is 0.182. The molecule has 1 aliphatic rings. The van der Waals surface area contributed by atoms with Crippen LogP contribution in [0, 0.1) is 6.57 Å². The Morgan fingerprint density at radius 3 is 2.66 bits per heavy atom. The molecule has 8 nitrogen and oxygen atoms in total. The molecule has 162 valence electrons. The summed E-state index contributed by atoms with van der Waals surface area (Å²) in [4.78, 5) is 29.9. The summed E-state index contributed by atoms with van der Waals surface area (Å²) in [5.41, 5.74) is 7.95. The number of carbonyl (C=O) groups excluding carboxylic acids is 2. The maximum atomic E-state index is 13.9. The molecule has 1 aliphatic heterocycles. The summed E-state index contributed by atoms with van der Waals surface area (Å²) in [5, 5.41) is 7.65. The Labute approximate surface area is 188 Å². The van der Waals surface area contributed by atoms with Gasteiger partial charge in [-0.1, -0.05) is 35.9 Å². The number of fused-ring (bicyclic) bond motifs is 1. The third-order valence-electron chi connectivity index (χ3n) is 5.18. The molecular formula is C22H18ClFN6O2. The number of benzene rings is 2. The van der Waals surface area contributed by atoms with Crippen molar-refractivity contribution in [2.45, 2.75) is 12.6 Å². The Kier molecular flexibility index (Phi) is 5.79. The highest BCUT2D eigenvalue weighted by Crippen LogP contribution is 2.33. The standard InChI is InChI=1S/C22H18ClFN6O2/c1-26-15-5-7-16(8-6-15)27-22(32)29-11-17(10-24)30-18(12-29)19(21(25)31)20(28-30)13-3-2-4-14(23)9-13/h2-9,17H,10-12H2,(H2,25,31)(H,27,32). The Bertz CT molecular complexity index is 1230. The molecule has 32 heavy (non-hydrogen) atoms. The Balaban J connectivity index is 1.68. The molecular weight excluding hydrogens is 435 g/mol. The largest absolute Gasteiger partial charge is 0.365 e. The van der Waals surface area contributed by atoms with Gasteiger partial charge in [0.1, 0.15) is 12.4 Å². The van der Waals surface area contributed by atoms with Gasteiger partial charge in [-0.05, 0) is 24.3 Å². The van der Waals surface area contributed by atoms with Gasteiger partial charge in [-0.15, -0.1) is 0 Å². The number of hydrogen-bond donors (Lipinski definition) is 2. The van der Waals surface area contributed by atoms with Crippen LogP contribution in [0.5, 0.6) is 0 Å². The number of rotatable bonds is 4. The number of aromatic nitrogens is 2. The Morgan fingerprint density at radius 2 is 2.03 bits per heavy atom. The van der Waals surface area contributed by atoms with E-state index in [9.17, 15) is 14.0 Å². The SMILES string of the molecule is [C-]#[N+]c1ccc(NC(=O)N2Cc3c(C(N)=O)c(-c4cccc(Cl)c4)nn3C(CF)C2)cc1. The highest BCUT2D eigenvalue weighted by atomic mass is 35.5. The van der Waals surface area contributed by atoms with Crippen LogP contribution in [-0.2, 0) is 6.54 Å². The minimum atomic E-state index is -0.786. The summed E-state index contributed by atoms with van der Waals surface area (Å²) in [6, 6.07) is 11.9.